The fraction of sp³-hybridized carbons (Fsp3) is 0.375. The molecule has 138 valence electrons. The number of nitrogens with one attached hydrogen (secondary N) is 2. The quantitative estimate of drug-likeness (QED) is 0.753. The molecule has 2 aromatic heterocycles. The SMILES string of the molecule is CS(=O)(=O)c1cnc(NC(=O)Nc2ccnc(C(=O)C3CCCC3)c2)s1. The molecular formula is C16H18N4O4S2. The molecule has 1 saturated carbocycles. The smallest absolute Gasteiger partial charge is 0.308 e. The van der Waals surface area contributed by atoms with E-state index in [0.29, 0.717) is 11.4 Å². The molecule has 0 atom stereocenters. The van der Waals surface area contributed by atoms with Crippen molar-refractivity contribution in [1.29, 1.82) is 0 Å². The highest BCUT2D eigenvalue weighted by molar-refractivity contribution is 7.92. The van der Waals surface area contributed by atoms with Crippen LogP contribution in [0.15, 0.2) is 28.7 Å². The van der Waals surface area contributed by atoms with Crippen LogP contribution in [0.3, 0.4) is 0 Å². The van der Waals surface area contributed by atoms with Gasteiger partial charge in [-0.15, -0.1) is 0 Å². The number of anilines is 2. The molecule has 2 amide bonds. The van der Waals surface area contributed by atoms with Crippen molar-refractivity contribution in [3.8, 4) is 0 Å². The topological polar surface area (TPSA) is 118 Å². The van der Waals surface area contributed by atoms with Gasteiger partial charge in [0, 0.05) is 24.1 Å². The summed E-state index contributed by atoms with van der Waals surface area (Å²) in [5.74, 6) is 0.0144. The largest absolute Gasteiger partial charge is 0.325 e. The number of Topliss-reactive ketones (excluding diaryl/α,β-unsaturated/α-hetero) is 1. The van der Waals surface area contributed by atoms with Crippen LogP contribution in [0.2, 0.25) is 0 Å². The summed E-state index contributed by atoms with van der Waals surface area (Å²) in [6, 6.07) is 2.54. The fourth-order valence-electron chi connectivity index (χ4n) is 2.79. The average Bonchev–Trinajstić information content (AvgIpc) is 3.25. The molecule has 0 bridgehead atoms. The predicted octanol–water partition coefficient (Wildman–Crippen LogP) is 2.96. The van der Waals surface area contributed by atoms with Crippen LogP contribution in [0.5, 0.6) is 0 Å². The zero-order chi connectivity index (χ0) is 18.7. The van der Waals surface area contributed by atoms with Crippen molar-refractivity contribution in [2.75, 3.05) is 16.9 Å². The van der Waals surface area contributed by atoms with E-state index in [1.807, 2.05) is 0 Å². The molecule has 3 rings (SSSR count). The Morgan fingerprint density at radius 2 is 1.92 bits per heavy atom. The third-order valence-electron chi connectivity index (χ3n) is 4.07. The van der Waals surface area contributed by atoms with Gasteiger partial charge in [-0.25, -0.2) is 18.2 Å². The van der Waals surface area contributed by atoms with Crippen molar-refractivity contribution in [2.45, 2.75) is 29.9 Å². The maximum absolute atomic E-state index is 12.4. The molecule has 0 aliphatic heterocycles. The lowest BCUT2D eigenvalue weighted by Gasteiger charge is -2.09. The number of aromatic nitrogens is 2. The number of ketones is 1. The van der Waals surface area contributed by atoms with E-state index in [9.17, 15) is 18.0 Å². The summed E-state index contributed by atoms with van der Waals surface area (Å²) >= 11 is 0.866. The van der Waals surface area contributed by atoms with Gasteiger partial charge in [0.15, 0.2) is 20.8 Å². The summed E-state index contributed by atoms with van der Waals surface area (Å²) in [6.45, 7) is 0. The van der Waals surface area contributed by atoms with Gasteiger partial charge in [-0.3, -0.25) is 15.1 Å². The number of hydrogen-bond acceptors (Lipinski definition) is 7. The summed E-state index contributed by atoms with van der Waals surface area (Å²) in [6.07, 6.45) is 7.62. The molecule has 8 nitrogen and oxygen atoms in total. The van der Waals surface area contributed by atoms with Crippen molar-refractivity contribution in [2.24, 2.45) is 5.92 Å². The summed E-state index contributed by atoms with van der Waals surface area (Å²) in [5.41, 5.74) is 0.766. The highest BCUT2D eigenvalue weighted by atomic mass is 32.2. The maximum Gasteiger partial charge on any atom is 0.325 e. The molecule has 0 aromatic carbocycles. The number of rotatable bonds is 5. The Labute approximate surface area is 155 Å². The van der Waals surface area contributed by atoms with E-state index in [1.54, 1.807) is 12.1 Å². The second kappa shape index (κ2) is 7.50. The first kappa shape index (κ1) is 18.5. The van der Waals surface area contributed by atoms with Crippen molar-refractivity contribution < 1.29 is 18.0 Å². The van der Waals surface area contributed by atoms with Crippen molar-refractivity contribution in [3.63, 3.8) is 0 Å². The van der Waals surface area contributed by atoms with Crippen molar-refractivity contribution in [1.82, 2.24) is 9.97 Å². The Morgan fingerprint density at radius 3 is 2.58 bits per heavy atom. The van der Waals surface area contributed by atoms with Crippen LogP contribution in [0.25, 0.3) is 0 Å². The van der Waals surface area contributed by atoms with Gasteiger partial charge in [-0.2, -0.15) is 0 Å². The third-order valence-corrected chi connectivity index (χ3v) is 6.77. The molecular weight excluding hydrogens is 376 g/mol. The minimum Gasteiger partial charge on any atom is -0.308 e. The molecule has 1 aliphatic carbocycles. The second-order valence-electron chi connectivity index (χ2n) is 6.11. The molecule has 10 heteroatoms. The van der Waals surface area contributed by atoms with E-state index in [1.165, 1.54) is 12.4 Å². The predicted molar refractivity (Wildman–Crippen MR) is 98.4 cm³/mol. The lowest BCUT2D eigenvalue weighted by atomic mass is 9.99. The normalized spacial score (nSPS) is 15.0. The molecule has 0 saturated heterocycles. The molecule has 1 fully saturated rings. The molecule has 2 heterocycles. The van der Waals surface area contributed by atoms with Gasteiger partial charge >= 0.3 is 6.03 Å². The van der Waals surface area contributed by atoms with Crippen LogP contribution in [0, 0.1) is 5.92 Å². The molecule has 26 heavy (non-hydrogen) atoms. The first-order valence-electron chi connectivity index (χ1n) is 8.07. The lowest BCUT2D eigenvalue weighted by Crippen LogP contribution is -2.20. The van der Waals surface area contributed by atoms with Gasteiger partial charge in [0.1, 0.15) is 9.90 Å². The number of carbonyl (C=O) groups is 2. The molecule has 0 unspecified atom stereocenters. The van der Waals surface area contributed by atoms with Crippen molar-refractivity contribution >= 4 is 43.8 Å². The number of sulfone groups is 1. The Morgan fingerprint density at radius 1 is 1.19 bits per heavy atom. The van der Waals surface area contributed by atoms with E-state index in [-0.39, 0.29) is 21.0 Å². The molecule has 1 aliphatic rings. The summed E-state index contributed by atoms with van der Waals surface area (Å²) < 4.78 is 22.9. The maximum atomic E-state index is 12.4. The molecule has 2 N–H and O–H groups in total. The zero-order valence-corrected chi connectivity index (χ0v) is 15.7. The first-order chi connectivity index (χ1) is 12.3. The van der Waals surface area contributed by atoms with E-state index in [4.69, 9.17) is 0 Å². The van der Waals surface area contributed by atoms with Gasteiger partial charge in [-0.1, -0.05) is 24.2 Å². The lowest BCUT2D eigenvalue weighted by molar-refractivity contribution is 0.0917. The van der Waals surface area contributed by atoms with Crippen LogP contribution in [-0.2, 0) is 9.84 Å². The second-order valence-corrected chi connectivity index (χ2v) is 9.38. The minimum atomic E-state index is -3.36. The number of thiazole rings is 1. The number of amides is 2. The monoisotopic (exact) mass is 394 g/mol. The third kappa shape index (κ3) is 4.44. The summed E-state index contributed by atoms with van der Waals surface area (Å²) in [5, 5.41) is 5.24. The van der Waals surface area contributed by atoms with Gasteiger partial charge < -0.3 is 5.32 Å². The van der Waals surface area contributed by atoms with Crippen molar-refractivity contribution in [3.05, 3.63) is 30.2 Å². The molecule has 0 radical (unpaired) electrons. The van der Waals surface area contributed by atoms with E-state index in [2.05, 4.69) is 20.6 Å². The van der Waals surface area contributed by atoms with Crippen LogP contribution in [-0.4, -0.2) is 36.5 Å². The summed E-state index contributed by atoms with van der Waals surface area (Å²) in [4.78, 5) is 32.5. The molecule has 2 aromatic rings. The van der Waals surface area contributed by atoms with Crippen LogP contribution < -0.4 is 10.6 Å². The van der Waals surface area contributed by atoms with Crippen LogP contribution >= 0.6 is 11.3 Å². The van der Waals surface area contributed by atoms with Gasteiger partial charge in [-0.05, 0) is 25.0 Å². The van der Waals surface area contributed by atoms with Crippen LogP contribution in [0.1, 0.15) is 36.2 Å². The Bertz CT molecular complexity index is 933. The number of carbonyl (C=O) groups excluding carboxylic acids is 2. The number of urea groups is 1. The fourth-order valence-corrected chi connectivity index (χ4v) is 4.42. The van der Waals surface area contributed by atoms with Gasteiger partial charge in [0.2, 0.25) is 0 Å². The number of hydrogen-bond donors (Lipinski definition) is 2. The summed E-state index contributed by atoms with van der Waals surface area (Å²) in [7, 11) is -3.36. The highest BCUT2D eigenvalue weighted by Gasteiger charge is 2.25. The Hall–Kier alpha value is -2.33. The van der Waals surface area contributed by atoms with Crippen LogP contribution in [0.4, 0.5) is 15.6 Å². The number of nitrogens with zero attached hydrogens (tertiary/aromatic N) is 2. The minimum absolute atomic E-state index is 0.00396. The Kier molecular flexibility index (Phi) is 5.33. The highest BCUT2D eigenvalue weighted by Crippen LogP contribution is 2.28. The zero-order valence-electron chi connectivity index (χ0n) is 14.1. The van der Waals surface area contributed by atoms with E-state index in [0.717, 1.165) is 43.3 Å². The Balaban J connectivity index is 1.65. The molecule has 0 spiro atoms. The first-order valence-corrected chi connectivity index (χ1v) is 10.8. The number of pyridine rings is 1. The standard InChI is InChI=1S/C16H18N4O4S2/c1-26(23,24)13-9-18-16(25-13)20-15(22)19-11-6-7-17-12(8-11)14(21)10-4-2-3-5-10/h6-10H,2-5H2,1H3,(H2,17,18,19,20,22). The average molecular weight is 394 g/mol. The van der Waals surface area contributed by atoms with E-state index < -0.39 is 15.9 Å². The van der Waals surface area contributed by atoms with E-state index >= 15 is 0 Å². The van der Waals surface area contributed by atoms with Gasteiger partial charge in [0.25, 0.3) is 0 Å². The van der Waals surface area contributed by atoms with Gasteiger partial charge in [0.05, 0.1) is 6.20 Å².